The minimum Gasteiger partial charge on any atom is -0.316 e. The van der Waals surface area contributed by atoms with Gasteiger partial charge in [-0.25, -0.2) is 0 Å². The first-order chi connectivity index (χ1) is 8.52. The lowest BCUT2D eigenvalue weighted by Gasteiger charge is -2.17. The second-order valence-electron chi connectivity index (χ2n) is 5.27. The molecule has 0 spiro atoms. The van der Waals surface area contributed by atoms with Gasteiger partial charge in [0, 0.05) is 9.50 Å². The summed E-state index contributed by atoms with van der Waals surface area (Å²) in [5, 5.41) is 4.40. The number of rotatable bonds is 7. The van der Waals surface area contributed by atoms with Crippen molar-refractivity contribution in [3.8, 4) is 0 Å². The normalized spacial score (nSPS) is 13.0. The van der Waals surface area contributed by atoms with Crippen LogP contribution in [0.25, 0.3) is 0 Å². The van der Waals surface area contributed by atoms with Crippen molar-refractivity contribution in [1.29, 1.82) is 0 Å². The maximum Gasteiger partial charge on any atom is 0.0449 e. The maximum atomic E-state index is 6.26. The topological polar surface area (TPSA) is 12.0 Å². The lowest BCUT2D eigenvalue weighted by molar-refractivity contribution is 0.437. The molecular formula is C15H23BrClN. The zero-order valence-electron chi connectivity index (χ0n) is 11.5. The third kappa shape index (κ3) is 5.73. The van der Waals surface area contributed by atoms with Gasteiger partial charge < -0.3 is 5.32 Å². The van der Waals surface area contributed by atoms with Crippen molar-refractivity contribution in [2.24, 2.45) is 11.8 Å². The fourth-order valence-electron chi connectivity index (χ4n) is 1.94. The van der Waals surface area contributed by atoms with Gasteiger partial charge in [0.05, 0.1) is 0 Å². The van der Waals surface area contributed by atoms with E-state index >= 15 is 0 Å². The molecule has 18 heavy (non-hydrogen) atoms. The van der Waals surface area contributed by atoms with E-state index in [1.807, 2.05) is 6.07 Å². The fourth-order valence-corrected chi connectivity index (χ4v) is 2.69. The van der Waals surface area contributed by atoms with Crippen molar-refractivity contribution in [3.05, 3.63) is 33.3 Å². The molecule has 0 fully saturated rings. The van der Waals surface area contributed by atoms with E-state index in [0.29, 0.717) is 11.8 Å². The number of benzene rings is 1. The molecule has 0 aromatic heterocycles. The molecule has 0 saturated heterocycles. The summed E-state index contributed by atoms with van der Waals surface area (Å²) in [7, 11) is 0. The van der Waals surface area contributed by atoms with Crippen LogP contribution in [0.1, 0.15) is 32.8 Å². The third-order valence-electron chi connectivity index (χ3n) is 3.09. The van der Waals surface area contributed by atoms with Crippen LogP contribution in [0, 0.1) is 11.8 Å². The predicted octanol–water partition coefficient (Wildman–Crippen LogP) is 4.92. The number of nitrogens with one attached hydrogen (secondary N) is 1. The van der Waals surface area contributed by atoms with Crippen LogP contribution < -0.4 is 5.32 Å². The van der Waals surface area contributed by atoms with Crippen molar-refractivity contribution < 1.29 is 0 Å². The van der Waals surface area contributed by atoms with Crippen LogP contribution in [-0.4, -0.2) is 13.1 Å². The Labute approximate surface area is 124 Å². The van der Waals surface area contributed by atoms with Crippen LogP contribution in [0.2, 0.25) is 5.02 Å². The van der Waals surface area contributed by atoms with Crippen molar-refractivity contribution in [3.63, 3.8) is 0 Å². The van der Waals surface area contributed by atoms with E-state index in [0.717, 1.165) is 29.0 Å². The molecule has 0 heterocycles. The second-order valence-corrected chi connectivity index (χ2v) is 6.59. The Morgan fingerprint density at radius 1 is 1.28 bits per heavy atom. The molecule has 0 radical (unpaired) electrons. The van der Waals surface area contributed by atoms with E-state index in [-0.39, 0.29) is 0 Å². The minimum atomic E-state index is 0.655. The molecule has 1 rings (SSSR count). The van der Waals surface area contributed by atoms with Crippen molar-refractivity contribution in [2.75, 3.05) is 13.1 Å². The van der Waals surface area contributed by atoms with Gasteiger partial charge in [0.2, 0.25) is 0 Å². The van der Waals surface area contributed by atoms with E-state index < -0.39 is 0 Å². The van der Waals surface area contributed by atoms with Crippen LogP contribution >= 0.6 is 27.5 Å². The highest BCUT2D eigenvalue weighted by Gasteiger charge is 2.10. The number of hydrogen-bond donors (Lipinski definition) is 1. The van der Waals surface area contributed by atoms with Crippen molar-refractivity contribution in [1.82, 2.24) is 5.32 Å². The molecule has 0 aliphatic carbocycles. The summed E-state index contributed by atoms with van der Waals surface area (Å²) in [6, 6.07) is 6.16. The molecule has 1 atom stereocenters. The second kappa shape index (κ2) is 8.19. The average molecular weight is 333 g/mol. The van der Waals surface area contributed by atoms with Gasteiger partial charge >= 0.3 is 0 Å². The zero-order chi connectivity index (χ0) is 13.5. The summed E-state index contributed by atoms with van der Waals surface area (Å²) in [5.74, 6) is 1.36. The van der Waals surface area contributed by atoms with Gasteiger partial charge in [-0.3, -0.25) is 0 Å². The molecule has 1 unspecified atom stereocenters. The first-order valence-corrected chi connectivity index (χ1v) is 7.84. The Balaban J connectivity index is 2.51. The van der Waals surface area contributed by atoms with Gasteiger partial charge in [-0.15, -0.1) is 0 Å². The average Bonchev–Trinajstić information content (AvgIpc) is 2.30. The van der Waals surface area contributed by atoms with Gasteiger partial charge in [-0.1, -0.05) is 60.8 Å². The van der Waals surface area contributed by atoms with Crippen LogP contribution in [0.3, 0.4) is 0 Å². The molecule has 1 aromatic carbocycles. The summed E-state index contributed by atoms with van der Waals surface area (Å²) < 4.78 is 1.04. The molecule has 1 nitrogen and oxygen atoms in total. The Kier molecular flexibility index (Phi) is 7.28. The Morgan fingerprint density at radius 2 is 2.00 bits per heavy atom. The number of hydrogen-bond acceptors (Lipinski definition) is 1. The summed E-state index contributed by atoms with van der Waals surface area (Å²) in [6.07, 6.45) is 2.23. The van der Waals surface area contributed by atoms with Gasteiger partial charge in [-0.05, 0) is 49.0 Å². The first kappa shape index (κ1) is 16.0. The van der Waals surface area contributed by atoms with Gasteiger partial charge in [0.1, 0.15) is 0 Å². The highest BCUT2D eigenvalue weighted by molar-refractivity contribution is 9.10. The van der Waals surface area contributed by atoms with Crippen LogP contribution in [0.15, 0.2) is 22.7 Å². The molecule has 3 heteroatoms. The summed E-state index contributed by atoms with van der Waals surface area (Å²) >= 11 is 9.71. The summed E-state index contributed by atoms with van der Waals surface area (Å²) in [5.41, 5.74) is 1.25. The highest BCUT2D eigenvalue weighted by atomic mass is 79.9. The van der Waals surface area contributed by atoms with Gasteiger partial charge in [-0.2, -0.15) is 0 Å². The van der Waals surface area contributed by atoms with E-state index in [1.54, 1.807) is 0 Å². The van der Waals surface area contributed by atoms with Gasteiger partial charge in [0.15, 0.2) is 0 Å². The summed E-state index contributed by atoms with van der Waals surface area (Å²) in [4.78, 5) is 0. The lowest BCUT2D eigenvalue weighted by atomic mass is 9.96. The molecule has 0 aliphatic rings. The van der Waals surface area contributed by atoms with E-state index in [2.05, 4.69) is 54.2 Å². The van der Waals surface area contributed by atoms with E-state index in [4.69, 9.17) is 11.6 Å². The van der Waals surface area contributed by atoms with Crippen LogP contribution in [-0.2, 0) is 6.42 Å². The summed E-state index contributed by atoms with van der Waals surface area (Å²) in [6.45, 7) is 8.87. The van der Waals surface area contributed by atoms with Crippen LogP contribution in [0.4, 0.5) is 0 Å². The zero-order valence-corrected chi connectivity index (χ0v) is 13.8. The fraction of sp³-hybridized carbons (Fsp3) is 0.600. The molecule has 0 aliphatic heterocycles. The molecular weight excluding hydrogens is 310 g/mol. The predicted molar refractivity (Wildman–Crippen MR) is 84.3 cm³/mol. The molecule has 1 N–H and O–H groups in total. The van der Waals surface area contributed by atoms with Crippen molar-refractivity contribution >= 4 is 27.5 Å². The standard InChI is InChI=1S/C15H23BrClN/c1-4-12(10-18-9-11(2)3)7-13-5-6-14(16)8-15(13)17/h5-6,8,11-12,18H,4,7,9-10H2,1-3H3. The highest BCUT2D eigenvalue weighted by Crippen LogP contribution is 2.24. The van der Waals surface area contributed by atoms with Gasteiger partial charge in [0.25, 0.3) is 0 Å². The number of halogens is 2. The molecule has 0 amide bonds. The third-order valence-corrected chi connectivity index (χ3v) is 3.93. The van der Waals surface area contributed by atoms with E-state index in [1.165, 1.54) is 12.0 Å². The van der Waals surface area contributed by atoms with E-state index in [9.17, 15) is 0 Å². The Bertz CT molecular complexity index is 366. The first-order valence-electron chi connectivity index (χ1n) is 6.67. The SMILES string of the molecule is CCC(CNCC(C)C)Cc1ccc(Br)cc1Cl. The molecule has 102 valence electrons. The van der Waals surface area contributed by atoms with Crippen LogP contribution in [0.5, 0.6) is 0 Å². The largest absolute Gasteiger partial charge is 0.316 e. The maximum absolute atomic E-state index is 6.26. The monoisotopic (exact) mass is 331 g/mol. The lowest BCUT2D eigenvalue weighted by Crippen LogP contribution is -2.27. The molecule has 0 saturated carbocycles. The van der Waals surface area contributed by atoms with Crippen molar-refractivity contribution in [2.45, 2.75) is 33.6 Å². The smallest absolute Gasteiger partial charge is 0.0449 e. The minimum absolute atomic E-state index is 0.655. The Morgan fingerprint density at radius 3 is 2.56 bits per heavy atom. The Hall–Kier alpha value is -0.0500. The molecule has 0 bridgehead atoms. The molecule has 1 aromatic rings. The quantitative estimate of drug-likeness (QED) is 0.747.